The van der Waals surface area contributed by atoms with Gasteiger partial charge in [-0.15, -0.1) is 0 Å². The van der Waals surface area contributed by atoms with Crippen LogP contribution < -0.4 is 10.6 Å². The number of rotatable bonds is 8. The first-order valence-corrected chi connectivity index (χ1v) is 12.3. The Morgan fingerprint density at radius 2 is 1.66 bits per heavy atom. The highest BCUT2D eigenvalue weighted by Crippen LogP contribution is 2.44. The lowest BCUT2D eigenvalue weighted by Gasteiger charge is -2.33. The van der Waals surface area contributed by atoms with Gasteiger partial charge < -0.3 is 20.5 Å². The molecule has 2 aromatic carbocycles. The molecule has 2 amide bonds. The topological polar surface area (TPSA) is 105 Å². The molecule has 2 aliphatic carbocycles. The van der Waals surface area contributed by atoms with Crippen molar-refractivity contribution >= 4 is 18.0 Å². The van der Waals surface area contributed by atoms with Gasteiger partial charge in [0.15, 0.2) is 0 Å². The van der Waals surface area contributed by atoms with Gasteiger partial charge in [-0.2, -0.15) is 0 Å². The second-order valence-electron chi connectivity index (χ2n) is 10.3. The second-order valence-corrected chi connectivity index (χ2v) is 10.3. The normalized spacial score (nSPS) is 21.8. The Morgan fingerprint density at radius 3 is 2.23 bits per heavy atom. The van der Waals surface area contributed by atoms with E-state index < -0.39 is 23.5 Å². The van der Waals surface area contributed by atoms with Gasteiger partial charge in [-0.1, -0.05) is 68.8 Å². The van der Waals surface area contributed by atoms with Crippen LogP contribution in [0.4, 0.5) is 4.79 Å². The monoisotopic (exact) mass is 478 g/mol. The van der Waals surface area contributed by atoms with E-state index in [4.69, 9.17) is 4.74 Å². The van der Waals surface area contributed by atoms with Gasteiger partial charge in [0, 0.05) is 18.0 Å². The zero-order valence-electron chi connectivity index (χ0n) is 20.5. The Balaban J connectivity index is 1.40. The van der Waals surface area contributed by atoms with E-state index in [1.807, 2.05) is 45.0 Å². The molecule has 0 aliphatic heterocycles. The van der Waals surface area contributed by atoms with E-state index in [1.165, 1.54) is 11.1 Å². The Hall–Kier alpha value is -3.35. The Morgan fingerprint density at radius 1 is 1.06 bits per heavy atom. The summed E-state index contributed by atoms with van der Waals surface area (Å²) < 4.78 is 5.69. The molecule has 4 rings (SSSR count). The summed E-state index contributed by atoms with van der Waals surface area (Å²) in [5, 5.41) is 15.0. The number of nitrogens with one attached hydrogen (secondary N) is 2. The SMILES string of the molecule is CC(C)[C@@H](CC(=O)O)NC(=O)C1(C)CCCC1NC(=O)OCC1c2ccccc2-c2ccccc21. The molecule has 0 aromatic heterocycles. The quantitative estimate of drug-likeness (QED) is 0.510. The summed E-state index contributed by atoms with van der Waals surface area (Å²) in [4.78, 5) is 37.2. The molecule has 0 bridgehead atoms. The van der Waals surface area contributed by atoms with E-state index in [0.717, 1.165) is 17.5 Å². The molecular formula is C28H34N2O5. The third-order valence-electron chi connectivity index (χ3n) is 7.63. The average molecular weight is 479 g/mol. The summed E-state index contributed by atoms with van der Waals surface area (Å²) in [6.45, 7) is 5.82. The Bertz CT molecular complexity index is 1070. The standard InChI is InChI=1S/C28H34N2O5/c1-17(2)23(15-25(31)32)29-26(33)28(3)14-8-13-24(28)30-27(34)35-16-22-20-11-6-4-9-18(20)19-10-5-7-12-21(19)22/h4-7,9-12,17,22-24H,8,13-16H2,1-3H3,(H,29,33)(H,30,34)(H,31,32)/t23-,24?,28?/m1/s1. The summed E-state index contributed by atoms with van der Waals surface area (Å²) in [6.07, 6.45) is 1.40. The van der Waals surface area contributed by atoms with Crippen molar-refractivity contribution in [2.75, 3.05) is 6.61 Å². The Labute approximate surface area is 206 Å². The first-order chi connectivity index (χ1) is 16.7. The number of hydrogen-bond acceptors (Lipinski definition) is 4. The van der Waals surface area contributed by atoms with Crippen molar-refractivity contribution in [3.05, 3.63) is 59.7 Å². The van der Waals surface area contributed by atoms with Gasteiger partial charge in [0.05, 0.1) is 11.8 Å². The molecule has 0 heterocycles. The van der Waals surface area contributed by atoms with Gasteiger partial charge in [0.25, 0.3) is 0 Å². The van der Waals surface area contributed by atoms with Crippen LogP contribution >= 0.6 is 0 Å². The predicted octanol–water partition coefficient (Wildman–Crippen LogP) is 4.70. The van der Waals surface area contributed by atoms with Crippen LogP contribution in [0.25, 0.3) is 11.1 Å². The average Bonchev–Trinajstić information content (AvgIpc) is 3.35. The maximum Gasteiger partial charge on any atom is 0.407 e. The molecule has 3 atom stereocenters. The fraction of sp³-hybridized carbons (Fsp3) is 0.464. The molecule has 2 aliphatic rings. The highest BCUT2D eigenvalue weighted by molar-refractivity contribution is 5.85. The smallest absolute Gasteiger partial charge is 0.407 e. The van der Waals surface area contributed by atoms with Crippen LogP contribution in [-0.2, 0) is 14.3 Å². The second kappa shape index (κ2) is 10.1. The molecule has 2 aromatic rings. The number of benzene rings is 2. The molecule has 186 valence electrons. The first kappa shape index (κ1) is 24.8. The maximum atomic E-state index is 13.2. The molecule has 7 nitrogen and oxygen atoms in total. The van der Waals surface area contributed by atoms with Crippen molar-refractivity contribution in [1.29, 1.82) is 0 Å². The first-order valence-electron chi connectivity index (χ1n) is 12.3. The van der Waals surface area contributed by atoms with Crippen LogP contribution in [0.3, 0.4) is 0 Å². The van der Waals surface area contributed by atoms with Crippen molar-refractivity contribution in [2.24, 2.45) is 11.3 Å². The van der Waals surface area contributed by atoms with Crippen LogP contribution in [0.15, 0.2) is 48.5 Å². The van der Waals surface area contributed by atoms with Crippen molar-refractivity contribution in [1.82, 2.24) is 10.6 Å². The molecule has 1 saturated carbocycles. The van der Waals surface area contributed by atoms with Gasteiger partial charge in [-0.25, -0.2) is 4.79 Å². The van der Waals surface area contributed by atoms with E-state index >= 15 is 0 Å². The highest BCUT2D eigenvalue weighted by atomic mass is 16.5. The van der Waals surface area contributed by atoms with Crippen LogP contribution in [0, 0.1) is 11.3 Å². The zero-order valence-corrected chi connectivity index (χ0v) is 20.5. The van der Waals surface area contributed by atoms with E-state index in [9.17, 15) is 19.5 Å². The molecule has 35 heavy (non-hydrogen) atoms. The van der Waals surface area contributed by atoms with Crippen LogP contribution in [0.1, 0.15) is 63.5 Å². The third kappa shape index (κ3) is 5.04. The molecule has 1 fully saturated rings. The van der Waals surface area contributed by atoms with Gasteiger partial charge in [0.1, 0.15) is 6.61 Å². The zero-order chi connectivity index (χ0) is 25.2. The van der Waals surface area contributed by atoms with Crippen molar-refractivity contribution in [2.45, 2.75) is 64.5 Å². The van der Waals surface area contributed by atoms with Crippen molar-refractivity contribution < 1.29 is 24.2 Å². The number of carboxylic acids is 1. The van der Waals surface area contributed by atoms with Gasteiger partial charge in [-0.05, 0) is 47.9 Å². The number of alkyl carbamates (subject to hydrolysis) is 1. The molecular weight excluding hydrogens is 444 g/mol. The summed E-state index contributed by atoms with van der Waals surface area (Å²) in [5.74, 6) is -1.23. The minimum absolute atomic E-state index is 0.0198. The van der Waals surface area contributed by atoms with E-state index in [1.54, 1.807) is 0 Å². The van der Waals surface area contributed by atoms with Gasteiger partial charge in [-0.3, -0.25) is 9.59 Å². The van der Waals surface area contributed by atoms with Crippen LogP contribution in [-0.4, -0.2) is 41.8 Å². The number of carbonyl (C=O) groups excluding carboxylic acids is 2. The molecule has 0 spiro atoms. The number of amides is 2. The number of carboxylic acid groups (broad SMARTS) is 1. The predicted molar refractivity (Wildman–Crippen MR) is 133 cm³/mol. The number of hydrogen-bond donors (Lipinski definition) is 3. The summed E-state index contributed by atoms with van der Waals surface area (Å²) in [6, 6.07) is 15.5. The maximum absolute atomic E-state index is 13.2. The highest BCUT2D eigenvalue weighted by Gasteiger charge is 2.46. The van der Waals surface area contributed by atoms with Crippen LogP contribution in [0.2, 0.25) is 0 Å². The molecule has 0 saturated heterocycles. The van der Waals surface area contributed by atoms with Crippen molar-refractivity contribution in [3.63, 3.8) is 0 Å². The van der Waals surface area contributed by atoms with Gasteiger partial charge >= 0.3 is 12.1 Å². The number of aliphatic carboxylic acids is 1. The third-order valence-corrected chi connectivity index (χ3v) is 7.63. The molecule has 3 N–H and O–H groups in total. The number of ether oxygens (including phenoxy) is 1. The fourth-order valence-corrected chi connectivity index (χ4v) is 5.43. The minimum Gasteiger partial charge on any atom is -0.481 e. The summed E-state index contributed by atoms with van der Waals surface area (Å²) in [7, 11) is 0. The lowest BCUT2D eigenvalue weighted by Crippen LogP contribution is -2.54. The van der Waals surface area contributed by atoms with Crippen LogP contribution in [0.5, 0.6) is 0 Å². The van der Waals surface area contributed by atoms with Crippen molar-refractivity contribution in [3.8, 4) is 11.1 Å². The van der Waals surface area contributed by atoms with E-state index in [2.05, 4.69) is 34.9 Å². The fourth-order valence-electron chi connectivity index (χ4n) is 5.43. The largest absolute Gasteiger partial charge is 0.481 e. The lowest BCUT2D eigenvalue weighted by atomic mass is 9.83. The molecule has 2 unspecified atom stereocenters. The lowest BCUT2D eigenvalue weighted by molar-refractivity contribution is -0.138. The number of carbonyl (C=O) groups is 3. The summed E-state index contributed by atoms with van der Waals surface area (Å²) in [5.41, 5.74) is 3.79. The minimum atomic E-state index is -0.950. The summed E-state index contributed by atoms with van der Waals surface area (Å²) >= 11 is 0. The van der Waals surface area contributed by atoms with E-state index in [0.29, 0.717) is 12.8 Å². The number of fused-ring (bicyclic) bond motifs is 3. The molecule has 7 heteroatoms. The van der Waals surface area contributed by atoms with E-state index in [-0.39, 0.29) is 36.8 Å². The Kier molecular flexibility index (Phi) is 7.15. The molecule has 0 radical (unpaired) electrons. The van der Waals surface area contributed by atoms with Gasteiger partial charge in [0.2, 0.25) is 5.91 Å².